The third kappa shape index (κ3) is 4.87. The number of hydrogen-bond acceptors (Lipinski definition) is 3. The van der Waals surface area contributed by atoms with Crippen molar-refractivity contribution in [1.29, 1.82) is 0 Å². The monoisotopic (exact) mass is 254 g/mol. The summed E-state index contributed by atoms with van der Waals surface area (Å²) >= 11 is 0. The molecule has 2 rings (SSSR count). The fourth-order valence-corrected chi connectivity index (χ4v) is 2.86. The first-order valence-electron chi connectivity index (χ1n) is 7.93. The molecule has 0 spiro atoms. The Morgan fingerprint density at radius 3 is 2.28 bits per heavy atom. The summed E-state index contributed by atoms with van der Waals surface area (Å²) in [7, 11) is 0. The highest BCUT2D eigenvalue weighted by molar-refractivity contribution is 4.84. The Morgan fingerprint density at radius 2 is 1.67 bits per heavy atom. The molecular weight excluding hydrogens is 224 g/mol. The van der Waals surface area contributed by atoms with E-state index in [-0.39, 0.29) is 0 Å². The van der Waals surface area contributed by atoms with Gasteiger partial charge in [-0.15, -0.1) is 0 Å². The quantitative estimate of drug-likeness (QED) is 0.684. The van der Waals surface area contributed by atoms with Gasteiger partial charge in [0, 0.05) is 19.1 Å². The first-order valence-corrected chi connectivity index (χ1v) is 7.93. The fraction of sp³-hybridized carbons (Fsp3) is 1.00. The van der Waals surface area contributed by atoms with Gasteiger partial charge < -0.3 is 15.0 Å². The minimum Gasteiger partial charge on any atom is -0.372 e. The van der Waals surface area contributed by atoms with E-state index in [1.54, 1.807) is 0 Å². The van der Waals surface area contributed by atoms with E-state index in [4.69, 9.17) is 4.74 Å². The minimum absolute atomic E-state index is 0.473. The topological polar surface area (TPSA) is 24.5 Å². The van der Waals surface area contributed by atoms with Crippen LogP contribution in [0.1, 0.15) is 52.4 Å². The smallest absolute Gasteiger partial charge is 0.0707 e. The molecule has 106 valence electrons. The van der Waals surface area contributed by atoms with Crippen LogP contribution in [-0.4, -0.2) is 49.3 Å². The van der Waals surface area contributed by atoms with E-state index in [9.17, 15) is 0 Å². The highest BCUT2D eigenvalue weighted by Crippen LogP contribution is 2.23. The second kappa shape index (κ2) is 7.46. The van der Waals surface area contributed by atoms with Crippen molar-refractivity contribution in [2.45, 2.75) is 70.6 Å². The van der Waals surface area contributed by atoms with Crippen LogP contribution in [0.25, 0.3) is 0 Å². The Bertz CT molecular complexity index is 225. The molecule has 1 aliphatic heterocycles. The van der Waals surface area contributed by atoms with E-state index in [1.165, 1.54) is 51.6 Å². The van der Waals surface area contributed by atoms with E-state index in [0.29, 0.717) is 12.2 Å². The number of rotatable bonds is 9. The van der Waals surface area contributed by atoms with Gasteiger partial charge in [0.05, 0.1) is 12.2 Å². The highest BCUT2D eigenvalue weighted by atomic mass is 16.5. The second-order valence-corrected chi connectivity index (χ2v) is 5.94. The van der Waals surface area contributed by atoms with Gasteiger partial charge >= 0.3 is 0 Å². The number of nitrogens with zero attached hydrogens (tertiary/aromatic N) is 1. The lowest BCUT2D eigenvalue weighted by Gasteiger charge is -2.24. The van der Waals surface area contributed by atoms with Crippen molar-refractivity contribution in [2.24, 2.45) is 0 Å². The lowest BCUT2D eigenvalue weighted by atomic mass is 10.2. The molecule has 1 aliphatic carbocycles. The number of nitrogens with one attached hydrogen (secondary N) is 1. The lowest BCUT2D eigenvalue weighted by molar-refractivity contribution is 0.0232. The van der Waals surface area contributed by atoms with Gasteiger partial charge in [-0.05, 0) is 51.6 Å². The van der Waals surface area contributed by atoms with Crippen molar-refractivity contribution in [3.05, 3.63) is 0 Å². The molecule has 1 heterocycles. The molecule has 2 atom stereocenters. The Hall–Kier alpha value is -0.120. The zero-order valence-electron chi connectivity index (χ0n) is 12.2. The van der Waals surface area contributed by atoms with Crippen LogP contribution in [0.4, 0.5) is 0 Å². The van der Waals surface area contributed by atoms with Gasteiger partial charge in [0.2, 0.25) is 0 Å². The summed E-state index contributed by atoms with van der Waals surface area (Å²) in [5, 5.41) is 3.58. The van der Waals surface area contributed by atoms with E-state index in [1.807, 2.05) is 0 Å². The van der Waals surface area contributed by atoms with E-state index >= 15 is 0 Å². The van der Waals surface area contributed by atoms with Crippen LogP contribution in [0.5, 0.6) is 0 Å². The maximum Gasteiger partial charge on any atom is 0.0707 e. The second-order valence-electron chi connectivity index (χ2n) is 5.94. The highest BCUT2D eigenvalue weighted by Gasteiger charge is 2.28. The van der Waals surface area contributed by atoms with Crippen LogP contribution in [0.15, 0.2) is 0 Å². The molecule has 3 heteroatoms. The lowest BCUT2D eigenvalue weighted by Crippen LogP contribution is -2.35. The van der Waals surface area contributed by atoms with Crippen molar-refractivity contribution in [2.75, 3.05) is 26.2 Å². The first kappa shape index (κ1) is 14.3. The predicted octanol–water partition coefficient (Wildman–Crippen LogP) is 2.41. The van der Waals surface area contributed by atoms with Gasteiger partial charge in [-0.25, -0.2) is 0 Å². The normalized spacial score (nSPS) is 28.2. The van der Waals surface area contributed by atoms with Gasteiger partial charge in [0.25, 0.3) is 0 Å². The van der Waals surface area contributed by atoms with Crippen LogP contribution in [0.2, 0.25) is 0 Å². The molecule has 1 saturated carbocycles. The maximum atomic E-state index is 6.16. The Kier molecular flexibility index (Phi) is 5.93. The number of hydrogen-bond donors (Lipinski definition) is 1. The summed E-state index contributed by atoms with van der Waals surface area (Å²) in [6.07, 6.45) is 8.69. The zero-order chi connectivity index (χ0) is 12.8. The van der Waals surface area contributed by atoms with Crippen molar-refractivity contribution < 1.29 is 4.74 Å². The average molecular weight is 254 g/mol. The van der Waals surface area contributed by atoms with E-state index in [0.717, 1.165) is 19.1 Å². The summed E-state index contributed by atoms with van der Waals surface area (Å²) in [6, 6.07) is 0.810. The Balaban J connectivity index is 1.63. The molecule has 2 fully saturated rings. The van der Waals surface area contributed by atoms with Crippen molar-refractivity contribution in [1.82, 2.24) is 10.2 Å². The van der Waals surface area contributed by atoms with Gasteiger partial charge in [0.1, 0.15) is 0 Å². The molecule has 0 amide bonds. The van der Waals surface area contributed by atoms with Crippen molar-refractivity contribution in [3.8, 4) is 0 Å². The molecular formula is C15H30N2O. The van der Waals surface area contributed by atoms with Gasteiger partial charge in [0.15, 0.2) is 0 Å². The van der Waals surface area contributed by atoms with Crippen LogP contribution < -0.4 is 5.32 Å². The zero-order valence-corrected chi connectivity index (χ0v) is 12.2. The Labute approximate surface area is 112 Å². The number of ether oxygens (including phenoxy) is 1. The predicted molar refractivity (Wildman–Crippen MR) is 75.9 cm³/mol. The summed E-state index contributed by atoms with van der Waals surface area (Å²) < 4.78 is 6.16. The van der Waals surface area contributed by atoms with Crippen LogP contribution in [-0.2, 0) is 4.74 Å². The molecule has 2 aliphatic rings. The third-order valence-corrected chi connectivity index (χ3v) is 3.95. The minimum atomic E-state index is 0.473. The van der Waals surface area contributed by atoms with Gasteiger partial charge in [-0.2, -0.15) is 0 Å². The average Bonchev–Trinajstić information content (AvgIpc) is 3.08. The van der Waals surface area contributed by atoms with Crippen molar-refractivity contribution >= 4 is 0 Å². The van der Waals surface area contributed by atoms with Crippen LogP contribution >= 0.6 is 0 Å². The molecule has 0 aromatic heterocycles. The molecule has 1 N–H and O–H groups in total. The SMILES string of the molecule is CCCN(CCC)CC1CCC(CNC2CC2)O1. The molecule has 0 aromatic carbocycles. The molecule has 1 saturated heterocycles. The van der Waals surface area contributed by atoms with Crippen LogP contribution in [0.3, 0.4) is 0 Å². The van der Waals surface area contributed by atoms with Crippen LogP contribution in [0, 0.1) is 0 Å². The third-order valence-electron chi connectivity index (χ3n) is 3.95. The fourth-order valence-electron chi connectivity index (χ4n) is 2.86. The molecule has 0 bridgehead atoms. The largest absolute Gasteiger partial charge is 0.372 e. The van der Waals surface area contributed by atoms with Crippen molar-refractivity contribution in [3.63, 3.8) is 0 Å². The first-order chi connectivity index (χ1) is 8.81. The summed E-state index contributed by atoms with van der Waals surface area (Å²) in [5.74, 6) is 0. The molecule has 18 heavy (non-hydrogen) atoms. The molecule has 2 unspecified atom stereocenters. The molecule has 0 aromatic rings. The van der Waals surface area contributed by atoms with E-state index < -0.39 is 0 Å². The van der Waals surface area contributed by atoms with Gasteiger partial charge in [-0.3, -0.25) is 0 Å². The van der Waals surface area contributed by atoms with E-state index in [2.05, 4.69) is 24.1 Å². The van der Waals surface area contributed by atoms with Gasteiger partial charge in [-0.1, -0.05) is 13.8 Å². The summed E-state index contributed by atoms with van der Waals surface area (Å²) in [5.41, 5.74) is 0. The molecule has 0 radical (unpaired) electrons. The summed E-state index contributed by atoms with van der Waals surface area (Å²) in [6.45, 7) is 9.18. The summed E-state index contributed by atoms with van der Waals surface area (Å²) in [4.78, 5) is 2.57. The Morgan fingerprint density at radius 1 is 1.00 bits per heavy atom. The standard InChI is InChI=1S/C15H30N2O/c1-3-9-17(10-4-2)12-15-8-7-14(18-15)11-16-13-5-6-13/h13-16H,3-12H2,1-2H3. The maximum absolute atomic E-state index is 6.16. The molecule has 3 nitrogen and oxygen atoms in total.